The fourth-order valence-electron chi connectivity index (χ4n) is 1.84. The van der Waals surface area contributed by atoms with Gasteiger partial charge in [0.2, 0.25) is 0 Å². The summed E-state index contributed by atoms with van der Waals surface area (Å²) in [6, 6.07) is 4.08. The second-order valence-corrected chi connectivity index (χ2v) is 4.30. The normalized spacial score (nSPS) is 10.9. The zero-order chi connectivity index (χ0) is 13.9. The van der Waals surface area contributed by atoms with Gasteiger partial charge in [-0.3, -0.25) is 4.90 Å². The fourth-order valence-corrected chi connectivity index (χ4v) is 1.84. The van der Waals surface area contributed by atoms with Crippen LogP contribution in [0.2, 0.25) is 0 Å². The summed E-state index contributed by atoms with van der Waals surface area (Å²) in [7, 11) is 3.45. The molecule has 1 heterocycles. The standard InChI is InChI=1S/C14H25N3O2/c1-4-15-14-13(6-5-7-16-14)12-17(8-10-18-2)9-11-19-3/h5-7H,4,8-12H2,1-3H3,(H,15,16). The number of rotatable bonds is 10. The van der Waals surface area contributed by atoms with Crippen LogP contribution in [0, 0.1) is 0 Å². The molecule has 0 aliphatic rings. The van der Waals surface area contributed by atoms with Crippen LogP contribution in [0.3, 0.4) is 0 Å². The van der Waals surface area contributed by atoms with Gasteiger partial charge in [-0.1, -0.05) is 6.07 Å². The van der Waals surface area contributed by atoms with Crippen molar-refractivity contribution >= 4 is 5.82 Å². The predicted octanol–water partition coefficient (Wildman–Crippen LogP) is 1.61. The summed E-state index contributed by atoms with van der Waals surface area (Å²) >= 11 is 0. The lowest BCUT2D eigenvalue weighted by atomic mass is 10.2. The maximum atomic E-state index is 5.15. The molecule has 0 unspecified atom stereocenters. The molecule has 5 heteroatoms. The van der Waals surface area contributed by atoms with Crippen molar-refractivity contribution in [1.29, 1.82) is 0 Å². The molecule has 0 radical (unpaired) electrons. The molecule has 108 valence electrons. The summed E-state index contributed by atoms with van der Waals surface area (Å²) in [6.07, 6.45) is 1.82. The third-order valence-corrected chi connectivity index (χ3v) is 2.85. The number of nitrogens with zero attached hydrogens (tertiary/aromatic N) is 2. The molecular weight excluding hydrogens is 242 g/mol. The quantitative estimate of drug-likeness (QED) is 0.698. The number of pyridine rings is 1. The van der Waals surface area contributed by atoms with E-state index in [-0.39, 0.29) is 0 Å². The number of hydrogen-bond donors (Lipinski definition) is 1. The van der Waals surface area contributed by atoms with Crippen molar-refractivity contribution in [2.75, 3.05) is 52.4 Å². The first-order valence-corrected chi connectivity index (χ1v) is 6.69. The largest absolute Gasteiger partial charge is 0.383 e. The number of ether oxygens (including phenoxy) is 2. The molecule has 19 heavy (non-hydrogen) atoms. The number of anilines is 1. The molecule has 0 amide bonds. The van der Waals surface area contributed by atoms with Gasteiger partial charge in [-0.2, -0.15) is 0 Å². The van der Waals surface area contributed by atoms with Crippen LogP contribution in [0.4, 0.5) is 5.82 Å². The van der Waals surface area contributed by atoms with Crippen LogP contribution in [-0.4, -0.2) is 57.0 Å². The van der Waals surface area contributed by atoms with Gasteiger partial charge in [0, 0.05) is 52.2 Å². The monoisotopic (exact) mass is 267 g/mol. The van der Waals surface area contributed by atoms with Crippen LogP contribution >= 0.6 is 0 Å². The lowest BCUT2D eigenvalue weighted by Gasteiger charge is -2.22. The molecule has 1 aromatic heterocycles. The van der Waals surface area contributed by atoms with Gasteiger partial charge in [-0.25, -0.2) is 4.98 Å². The zero-order valence-corrected chi connectivity index (χ0v) is 12.2. The highest BCUT2D eigenvalue weighted by atomic mass is 16.5. The van der Waals surface area contributed by atoms with Crippen LogP contribution in [-0.2, 0) is 16.0 Å². The smallest absolute Gasteiger partial charge is 0.130 e. The average Bonchev–Trinajstić information content (AvgIpc) is 2.44. The summed E-state index contributed by atoms with van der Waals surface area (Å²) in [4.78, 5) is 6.69. The highest BCUT2D eigenvalue weighted by Gasteiger charge is 2.09. The molecule has 0 bridgehead atoms. The Bertz CT molecular complexity index is 339. The molecule has 1 aromatic rings. The molecule has 0 aliphatic heterocycles. The summed E-state index contributed by atoms with van der Waals surface area (Å²) in [5.74, 6) is 0.963. The van der Waals surface area contributed by atoms with Crippen molar-refractivity contribution in [1.82, 2.24) is 9.88 Å². The molecule has 0 atom stereocenters. The molecule has 1 rings (SSSR count). The average molecular weight is 267 g/mol. The molecule has 0 saturated heterocycles. The Morgan fingerprint density at radius 1 is 1.21 bits per heavy atom. The molecule has 0 aromatic carbocycles. The van der Waals surface area contributed by atoms with E-state index in [1.54, 1.807) is 14.2 Å². The van der Waals surface area contributed by atoms with Crippen LogP contribution in [0.5, 0.6) is 0 Å². The molecular formula is C14H25N3O2. The molecule has 0 saturated carbocycles. The predicted molar refractivity (Wildman–Crippen MR) is 77.4 cm³/mol. The lowest BCUT2D eigenvalue weighted by molar-refractivity contribution is 0.110. The van der Waals surface area contributed by atoms with Crippen molar-refractivity contribution < 1.29 is 9.47 Å². The van der Waals surface area contributed by atoms with Crippen molar-refractivity contribution in [3.8, 4) is 0 Å². The van der Waals surface area contributed by atoms with Crippen LogP contribution in [0.1, 0.15) is 12.5 Å². The molecule has 0 fully saturated rings. The maximum absolute atomic E-state index is 5.15. The number of nitrogens with one attached hydrogen (secondary N) is 1. The molecule has 0 aliphatic carbocycles. The Balaban J connectivity index is 2.65. The van der Waals surface area contributed by atoms with Crippen LogP contribution < -0.4 is 5.32 Å². The number of aromatic nitrogens is 1. The van der Waals surface area contributed by atoms with Gasteiger partial charge >= 0.3 is 0 Å². The minimum Gasteiger partial charge on any atom is -0.383 e. The summed E-state index contributed by atoms with van der Waals surface area (Å²) in [5, 5.41) is 3.29. The van der Waals surface area contributed by atoms with E-state index in [1.807, 2.05) is 12.3 Å². The van der Waals surface area contributed by atoms with Crippen molar-refractivity contribution in [2.45, 2.75) is 13.5 Å². The number of hydrogen-bond acceptors (Lipinski definition) is 5. The van der Waals surface area contributed by atoms with E-state index in [0.29, 0.717) is 0 Å². The first-order chi connectivity index (χ1) is 9.31. The third kappa shape index (κ3) is 6.00. The van der Waals surface area contributed by atoms with Crippen molar-refractivity contribution in [3.05, 3.63) is 23.9 Å². The molecule has 5 nitrogen and oxygen atoms in total. The molecule has 0 spiro atoms. The zero-order valence-electron chi connectivity index (χ0n) is 12.2. The summed E-state index contributed by atoms with van der Waals surface area (Å²) < 4.78 is 10.3. The topological polar surface area (TPSA) is 46.6 Å². The Morgan fingerprint density at radius 2 is 1.89 bits per heavy atom. The van der Waals surface area contributed by atoms with E-state index in [4.69, 9.17) is 9.47 Å². The minimum atomic E-state index is 0.723. The fraction of sp³-hybridized carbons (Fsp3) is 0.643. The highest BCUT2D eigenvalue weighted by molar-refractivity contribution is 5.43. The first-order valence-electron chi connectivity index (χ1n) is 6.69. The maximum Gasteiger partial charge on any atom is 0.130 e. The van der Waals surface area contributed by atoms with Gasteiger partial charge in [-0.05, 0) is 13.0 Å². The second kappa shape index (κ2) is 9.72. The Kier molecular flexibility index (Phi) is 8.13. The first kappa shape index (κ1) is 15.9. The van der Waals surface area contributed by atoms with E-state index >= 15 is 0 Å². The van der Waals surface area contributed by atoms with E-state index < -0.39 is 0 Å². The van der Waals surface area contributed by atoms with E-state index in [0.717, 1.165) is 45.2 Å². The summed E-state index contributed by atoms with van der Waals surface area (Å²) in [5.41, 5.74) is 1.21. The van der Waals surface area contributed by atoms with Gasteiger partial charge in [0.1, 0.15) is 5.82 Å². The van der Waals surface area contributed by atoms with Crippen molar-refractivity contribution in [2.24, 2.45) is 0 Å². The second-order valence-electron chi connectivity index (χ2n) is 4.30. The van der Waals surface area contributed by atoms with Gasteiger partial charge in [0.25, 0.3) is 0 Å². The van der Waals surface area contributed by atoms with Gasteiger partial charge in [-0.15, -0.1) is 0 Å². The van der Waals surface area contributed by atoms with Crippen LogP contribution in [0.25, 0.3) is 0 Å². The Labute approximate surface area is 115 Å². The van der Waals surface area contributed by atoms with Gasteiger partial charge < -0.3 is 14.8 Å². The van der Waals surface area contributed by atoms with E-state index in [1.165, 1.54) is 5.56 Å². The van der Waals surface area contributed by atoms with E-state index in [9.17, 15) is 0 Å². The summed E-state index contributed by atoms with van der Waals surface area (Å²) in [6.45, 7) is 7.02. The number of methoxy groups -OCH3 is 2. The van der Waals surface area contributed by atoms with Gasteiger partial charge in [0.05, 0.1) is 13.2 Å². The Morgan fingerprint density at radius 3 is 2.47 bits per heavy atom. The van der Waals surface area contributed by atoms with Crippen LogP contribution in [0.15, 0.2) is 18.3 Å². The lowest BCUT2D eigenvalue weighted by Crippen LogP contribution is -2.30. The highest BCUT2D eigenvalue weighted by Crippen LogP contribution is 2.13. The Hall–Kier alpha value is -1.17. The van der Waals surface area contributed by atoms with E-state index in [2.05, 4.69) is 28.2 Å². The third-order valence-electron chi connectivity index (χ3n) is 2.85. The minimum absolute atomic E-state index is 0.723. The SMILES string of the molecule is CCNc1ncccc1CN(CCOC)CCOC. The van der Waals surface area contributed by atoms with Gasteiger partial charge in [0.15, 0.2) is 0 Å². The van der Waals surface area contributed by atoms with Crippen molar-refractivity contribution in [3.63, 3.8) is 0 Å². The molecule has 1 N–H and O–H groups in total.